The normalized spacial score (nSPS) is 11.7. The molecule has 2 aromatic carbocycles. The van der Waals surface area contributed by atoms with E-state index in [4.69, 9.17) is 4.42 Å². The lowest BCUT2D eigenvalue weighted by Crippen LogP contribution is -2.08. The molecule has 25 heavy (non-hydrogen) atoms. The van der Waals surface area contributed by atoms with Crippen molar-refractivity contribution in [2.45, 2.75) is 26.1 Å². The molecule has 130 valence electrons. The zero-order chi connectivity index (χ0) is 18.0. The Kier molecular flexibility index (Phi) is 4.53. The molecule has 3 aromatic rings. The van der Waals surface area contributed by atoms with E-state index in [9.17, 15) is 18.0 Å². The van der Waals surface area contributed by atoms with Crippen molar-refractivity contribution >= 4 is 16.7 Å². The Bertz CT molecular complexity index is 961. The van der Waals surface area contributed by atoms with Crippen LogP contribution in [-0.2, 0) is 19.1 Å². The van der Waals surface area contributed by atoms with Crippen molar-refractivity contribution in [2.24, 2.45) is 0 Å². The van der Waals surface area contributed by atoms with Gasteiger partial charge in [0.1, 0.15) is 5.58 Å². The van der Waals surface area contributed by atoms with Crippen LogP contribution in [0.3, 0.4) is 0 Å². The number of anilines is 1. The molecule has 0 atom stereocenters. The molecule has 1 heterocycles. The summed E-state index contributed by atoms with van der Waals surface area (Å²) >= 11 is 0. The van der Waals surface area contributed by atoms with Crippen molar-refractivity contribution in [1.82, 2.24) is 0 Å². The van der Waals surface area contributed by atoms with E-state index in [1.54, 1.807) is 6.07 Å². The summed E-state index contributed by atoms with van der Waals surface area (Å²) in [6, 6.07) is 11.9. The van der Waals surface area contributed by atoms with Gasteiger partial charge in [0.25, 0.3) is 0 Å². The van der Waals surface area contributed by atoms with E-state index >= 15 is 0 Å². The van der Waals surface area contributed by atoms with Crippen molar-refractivity contribution in [3.63, 3.8) is 0 Å². The monoisotopic (exact) mass is 347 g/mol. The SMILES string of the molecule is CCc1ccc2c(CNc3cccc(C(F)(F)F)c3)cc(=O)oc2c1. The van der Waals surface area contributed by atoms with Crippen LogP contribution in [0.2, 0.25) is 0 Å². The summed E-state index contributed by atoms with van der Waals surface area (Å²) in [5.41, 5.74) is 1.32. The van der Waals surface area contributed by atoms with E-state index in [1.807, 2.05) is 25.1 Å². The van der Waals surface area contributed by atoms with E-state index in [-0.39, 0.29) is 6.54 Å². The Hall–Kier alpha value is -2.76. The fourth-order valence-corrected chi connectivity index (χ4v) is 2.64. The van der Waals surface area contributed by atoms with Crippen molar-refractivity contribution < 1.29 is 17.6 Å². The molecule has 0 fully saturated rings. The van der Waals surface area contributed by atoms with Gasteiger partial charge < -0.3 is 9.73 Å². The number of aryl methyl sites for hydroxylation is 1. The number of benzene rings is 2. The van der Waals surface area contributed by atoms with E-state index < -0.39 is 17.4 Å². The Morgan fingerprint density at radius 2 is 1.88 bits per heavy atom. The highest BCUT2D eigenvalue weighted by Crippen LogP contribution is 2.31. The first-order valence-electron chi connectivity index (χ1n) is 7.83. The number of fused-ring (bicyclic) bond motifs is 1. The zero-order valence-electron chi connectivity index (χ0n) is 13.5. The second-order valence-electron chi connectivity index (χ2n) is 5.71. The molecule has 0 radical (unpaired) electrons. The summed E-state index contributed by atoms with van der Waals surface area (Å²) in [5.74, 6) is 0. The average Bonchev–Trinajstić information content (AvgIpc) is 2.58. The molecule has 0 saturated carbocycles. The molecule has 0 amide bonds. The Morgan fingerprint density at radius 1 is 1.08 bits per heavy atom. The number of alkyl halides is 3. The molecule has 3 nitrogen and oxygen atoms in total. The smallest absolute Gasteiger partial charge is 0.416 e. The zero-order valence-corrected chi connectivity index (χ0v) is 13.5. The molecule has 0 unspecified atom stereocenters. The maximum absolute atomic E-state index is 12.8. The van der Waals surface area contributed by atoms with Crippen LogP contribution in [0.4, 0.5) is 18.9 Å². The summed E-state index contributed by atoms with van der Waals surface area (Å²) in [5, 5.41) is 3.70. The van der Waals surface area contributed by atoms with E-state index in [2.05, 4.69) is 5.32 Å². The van der Waals surface area contributed by atoms with Crippen LogP contribution in [0.25, 0.3) is 11.0 Å². The second-order valence-corrected chi connectivity index (χ2v) is 5.71. The third kappa shape index (κ3) is 3.84. The highest BCUT2D eigenvalue weighted by Gasteiger charge is 2.30. The van der Waals surface area contributed by atoms with Gasteiger partial charge in [0.15, 0.2) is 0 Å². The summed E-state index contributed by atoms with van der Waals surface area (Å²) < 4.78 is 43.6. The predicted octanol–water partition coefficient (Wildman–Crippen LogP) is 4.99. The maximum atomic E-state index is 12.8. The van der Waals surface area contributed by atoms with Crippen LogP contribution in [0, 0.1) is 0 Å². The molecule has 0 spiro atoms. The molecular weight excluding hydrogens is 331 g/mol. The Morgan fingerprint density at radius 3 is 2.60 bits per heavy atom. The van der Waals surface area contributed by atoms with Gasteiger partial charge >= 0.3 is 11.8 Å². The Labute approximate surface area is 142 Å². The molecular formula is C19H16F3NO2. The molecule has 1 N–H and O–H groups in total. The first-order valence-corrected chi connectivity index (χ1v) is 7.83. The lowest BCUT2D eigenvalue weighted by molar-refractivity contribution is -0.137. The van der Waals surface area contributed by atoms with Crippen LogP contribution in [-0.4, -0.2) is 0 Å². The van der Waals surface area contributed by atoms with Gasteiger partial charge in [-0.3, -0.25) is 0 Å². The molecule has 0 aliphatic carbocycles. The molecule has 0 aliphatic rings. The van der Waals surface area contributed by atoms with Crippen LogP contribution in [0.5, 0.6) is 0 Å². The van der Waals surface area contributed by atoms with Gasteiger partial charge in [-0.2, -0.15) is 13.2 Å². The van der Waals surface area contributed by atoms with E-state index in [0.717, 1.165) is 29.5 Å². The molecule has 6 heteroatoms. The third-order valence-corrected chi connectivity index (χ3v) is 3.98. The highest BCUT2D eigenvalue weighted by atomic mass is 19.4. The summed E-state index contributed by atoms with van der Waals surface area (Å²) in [6.45, 7) is 2.22. The minimum absolute atomic E-state index is 0.217. The topological polar surface area (TPSA) is 42.2 Å². The van der Waals surface area contributed by atoms with Gasteiger partial charge in [-0.1, -0.05) is 25.1 Å². The van der Waals surface area contributed by atoms with E-state index in [1.165, 1.54) is 12.1 Å². The van der Waals surface area contributed by atoms with Crippen molar-refractivity contribution in [3.8, 4) is 0 Å². The number of hydrogen-bond donors (Lipinski definition) is 1. The number of rotatable bonds is 4. The standard InChI is InChI=1S/C19H16F3NO2/c1-2-12-6-7-16-13(9-18(24)25-17(16)8-12)11-23-15-5-3-4-14(10-15)19(20,21)22/h3-10,23H,2,11H2,1H3. The lowest BCUT2D eigenvalue weighted by atomic mass is 10.1. The fourth-order valence-electron chi connectivity index (χ4n) is 2.64. The predicted molar refractivity (Wildman–Crippen MR) is 90.6 cm³/mol. The highest BCUT2D eigenvalue weighted by molar-refractivity contribution is 5.81. The number of hydrogen-bond acceptors (Lipinski definition) is 3. The van der Waals surface area contributed by atoms with Gasteiger partial charge in [0.2, 0.25) is 0 Å². The van der Waals surface area contributed by atoms with Crippen molar-refractivity contribution in [2.75, 3.05) is 5.32 Å². The molecule has 0 saturated heterocycles. The molecule has 3 rings (SSSR count). The quantitative estimate of drug-likeness (QED) is 0.676. The van der Waals surface area contributed by atoms with Crippen LogP contribution in [0.15, 0.2) is 57.7 Å². The first kappa shape index (κ1) is 17.1. The van der Waals surface area contributed by atoms with Gasteiger partial charge in [0, 0.05) is 23.7 Å². The fraction of sp³-hybridized carbons (Fsp3) is 0.211. The molecule has 1 aromatic heterocycles. The maximum Gasteiger partial charge on any atom is 0.416 e. The Balaban J connectivity index is 1.90. The summed E-state index contributed by atoms with van der Waals surface area (Å²) in [6.07, 6.45) is -3.58. The van der Waals surface area contributed by atoms with Gasteiger partial charge in [-0.25, -0.2) is 4.79 Å². The third-order valence-electron chi connectivity index (χ3n) is 3.98. The van der Waals surface area contributed by atoms with E-state index in [0.29, 0.717) is 16.8 Å². The van der Waals surface area contributed by atoms with Gasteiger partial charge in [-0.05, 0) is 41.8 Å². The van der Waals surface area contributed by atoms with Gasteiger partial charge in [0.05, 0.1) is 5.56 Å². The lowest BCUT2D eigenvalue weighted by Gasteiger charge is -2.12. The number of halogens is 3. The summed E-state index contributed by atoms with van der Waals surface area (Å²) in [4.78, 5) is 11.8. The van der Waals surface area contributed by atoms with Crippen molar-refractivity contribution in [1.29, 1.82) is 0 Å². The van der Waals surface area contributed by atoms with Crippen LogP contribution >= 0.6 is 0 Å². The largest absolute Gasteiger partial charge is 0.423 e. The minimum Gasteiger partial charge on any atom is -0.423 e. The first-order chi connectivity index (χ1) is 11.9. The average molecular weight is 347 g/mol. The second kappa shape index (κ2) is 6.63. The summed E-state index contributed by atoms with van der Waals surface area (Å²) in [7, 11) is 0. The molecule has 0 bridgehead atoms. The minimum atomic E-state index is -4.39. The van der Waals surface area contributed by atoms with Gasteiger partial charge in [-0.15, -0.1) is 0 Å². The molecule has 0 aliphatic heterocycles. The van der Waals surface area contributed by atoms with Crippen LogP contribution < -0.4 is 10.9 Å². The number of nitrogens with one attached hydrogen (secondary N) is 1. The van der Waals surface area contributed by atoms with Crippen LogP contribution in [0.1, 0.15) is 23.6 Å². The van der Waals surface area contributed by atoms with Crippen molar-refractivity contribution in [3.05, 3.63) is 75.6 Å².